The zero-order chi connectivity index (χ0) is 20.5. The van der Waals surface area contributed by atoms with E-state index >= 15 is 0 Å². The van der Waals surface area contributed by atoms with Crippen molar-refractivity contribution in [3.63, 3.8) is 0 Å². The first-order valence-electron chi connectivity index (χ1n) is 9.33. The van der Waals surface area contributed by atoms with E-state index in [4.69, 9.17) is 18.9 Å². The molecule has 0 spiro atoms. The molecule has 2 aliphatic heterocycles. The Morgan fingerprint density at radius 3 is 2.18 bits per heavy atom. The number of hydrogen-bond donors (Lipinski definition) is 0. The molecule has 0 aliphatic carbocycles. The van der Waals surface area contributed by atoms with Gasteiger partial charge in [0, 0.05) is 6.54 Å². The van der Waals surface area contributed by atoms with Gasteiger partial charge in [-0.2, -0.15) is 0 Å². The molecule has 1 saturated heterocycles. The third kappa shape index (κ3) is 2.87. The van der Waals surface area contributed by atoms with Gasteiger partial charge in [0.2, 0.25) is 5.91 Å². The summed E-state index contributed by atoms with van der Waals surface area (Å²) in [6.45, 7) is 3.91. The molecule has 8 nitrogen and oxygen atoms in total. The summed E-state index contributed by atoms with van der Waals surface area (Å²) >= 11 is 0. The van der Waals surface area contributed by atoms with Crippen molar-refractivity contribution in [2.24, 2.45) is 5.41 Å². The Labute approximate surface area is 163 Å². The number of esters is 2. The zero-order valence-corrected chi connectivity index (χ0v) is 16.6. The lowest BCUT2D eigenvalue weighted by atomic mass is 9.74. The normalized spacial score (nSPS) is 19.5. The molecule has 0 N–H and O–H groups in total. The van der Waals surface area contributed by atoms with Gasteiger partial charge in [0.15, 0.2) is 16.9 Å². The van der Waals surface area contributed by atoms with Crippen LogP contribution in [0.5, 0.6) is 11.5 Å². The minimum absolute atomic E-state index is 0.0969. The molecule has 2 heterocycles. The van der Waals surface area contributed by atoms with Crippen LogP contribution in [-0.2, 0) is 30.3 Å². The topological polar surface area (TPSA) is 91.4 Å². The Morgan fingerprint density at radius 2 is 1.64 bits per heavy atom. The lowest BCUT2D eigenvalue weighted by Gasteiger charge is -2.38. The molecule has 0 radical (unpaired) electrons. The number of rotatable bonds is 6. The summed E-state index contributed by atoms with van der Waals surface area (Å²) in [4.78, 5) is 40.4. The third-order valence-electron chi connectivity index (χ3n) is 5.37. The van der Waals surface area contributed by atoms with E-state index in [0.29, 0.717) is 30.0 Å². The van der Waals surface area contributed by atoms with Crippen LogP contribution in [0.1, 0.15) is 37.4 Å². The largest absolute Gasteiger partial charge is 0.493 e. The van der Waals surface area contributed by atoms with Crippen molar-refractivity contribution in [1.29, 1.82) is 0 Å². The number of hydrogen-bond acceptors (Lipinski definition) is 7. The fraction of sp³-hybridized carbons (Fsp3) is 0.550. The number of amides is 1. The highest BCUT2D eigenvalue weighted by Crippen LogP contribution is 2.53. The summed E-state index contributed by atoms with van der Waals surface area (Å²) in [6.07, 6.45) is 0.308. The monoisotopic (exact) mass is 391 g/mol. The van der Waals surface area contributed by atoms with E-state index in [2.05, 4.69) is 0 Å². The van der Waals surface area contributed by atoms with Crippen LogP contribution in [0.25, 0.3) is 0 Å². The van der Waals surface area contributed by atoms with Crippen LogP contribution in [0, 0.1) is 5.41 Å². The standard InChI is InChI=1S/C20H25NO7/c1-5-27-18(23)20(19(24)28-6-2)11-16(22)21-8-7-12-9-14(25-3)15(26-4)10-13(12)17(20)21/h9-10,17H,5-8,11H2,1-4H3/t17-/m0/s1. The first-order chi connectivity index (χ1) is 13.4. The van der Waals surface area contributed by atoms with Crippen LogP contribution in [0.3, 0.4) is 0 Å². The Hall–Kier alpha value is -2.77. The Morgan fingerprint density at radius 1 is 1.07 bits per heavy atom. The minimum Gasteiger partial charge on any atom is -0.493 e. The highest BCUT2D eigenvalue weighted by atomic mass is 16.6. The molecular weight excluding hydrogens is 366 g/mol. The summed E-state index contributed by atoms with van der Waals surface area (Å²) < 4.78 is 21.2. The van der Waals surface area contributed by atoms with Gasteiger partial charge in [-0.25, -0.2) is 0 Å². The number of methoxy groups -OCH3 is 2. The summed E-state index contributed by atoms with van der Waals surface area (Å²) in [7, 11) is 3.05. The number of carbonyl (C=O) groups is 3. The van der Waals surface area contributed by atoms with Gasteiger partial charge in [-0.05, 0) is 43.5 Å². The van der Waals surface area contributed by atoms with Crippen LogP contribution in [0.4, 0.5) is 0 Å². The fourth-order valence-corrected chi connectivity index (χ4v) is 4.15. The van der Waals surface area contributed by atoms with Crippen LogP contribution < -0.4 is 9.47 Å². The number of carbonyl (C=O) groups excluding carboxylic acids is 3. The van der Waals surface area contributed by atoms with Crippen LogP contribution in [-0.4, -0.2) is 56.7 Å². The highest BCUT2D eigenvalue weighted by molar-refractivity contribution is 6.07. The van der Waals surface area contributed by atoms with Crippen molar-refractivity contribution in [2.45, 2.75) is 32.7 Å². The fourth-order valence-electron chi connectivity index (χ4n) is 4.15. The third-order valence-corrected chi connectivity index (χ3v) is 5.37. The average molecular weight is 391 g/mol. The molecule has 0 aromatic heterocycles. The van der Waals surface area contributed by atoms with Gasteiger partial charge < -0.3 is 23.8 Å². The van der Waals surface area contributed by atoms with E-state index in [-0.39, 0.29) is 25.5 Å². The van der Waals surface area contributed by atoms with E-state index in [9.17, 15) is 14.4 Å². The molecule has 1 atom stereocenters. The van der Waals surface area contributed by atoms with Gasteiger partial charge in [0.1, 0.15) is 0 Å². The second kappa shape index (κ2) is 7.69. The molecule has 152 valence electrons. The number of ether oxygens (including phenoxy) is 4. The number of nitrogens with zero attached hydrogens (tertiary/aromatic N) is 1. The van der Waals surface area contributed by atoms with Gasteiger partial charge >= 0.3 is 11.9 Å². The van der Waals surface area contributed by atoms with Crippen molar-refractivity contribution in [1.82, 2.24) is 4.90 Å². The van der Waals surface area contributed by atoms with E-state index < -0.39 is 23.4 Å². The second-order valence-corrected chi connectivity index (χ2v) is 6.73. The molecule has 1 aromatic rings. The maximum Gasteiger partial charge on any atom is 0.326 e. The summed E-state index contributed by atoms with van der Waals surface area (Å²) in [5.41, 5.74) is -0.167. The highest BCUT2D eigenvalue weighted by Gasteiger charge is 2.65. The Balaban J connectivity index is 2.21. The van der Waals surface area contributed by atoms with Crippen molar-refractivity contribution in [3.8, 4) is 11.5 Å². The maximum absolute atomic E-state index is 13.0. The molecule has 1 aromatic carbocycles. The van der Waals surface area contributed by atoms with Gasteiger partial charge in [0.25, 0.3) is 0 Å². The Kier molecular flexibility index (Phi) is 5.49. The van der Waals surface area contributed by atoms with Crippen molar-refractivity contribution < 1.29 is 33.3 Å². The second-order valence-electron chi connectivity index (χ2n) is 6.73. The summed E-state index contributed by atoms with van der Waals surface area (Å²) in [6, 6.07) is 2.76. The molecular formula is C20H25NO7. The SMILES string of the molecule is CCOC(=O)C1(C(=O)OCC)CC(=O)N2CCc3cc(OC)c(OC)cc3[C@H]21. The predicted octanol–water partition coefficient (Wildman–Crippen LogP) is 1.65. The van der Waals surface area contributed by atoms with Crippen LogP contribution in [0.2, 0.25) is 0 Å². The zero-order valence-electron chi connectivity index (χ0n) is 16.6. The molecule has 2 aliphatic rings. The molecule has 0 saturated carbocycles. The number of fused-ring (bicyclic) bond motifs is 3. The van der Waals surface area contributed by atoms with Gasteiger partial charge in [0.05, 0.1) is 39.9 Å². The van der Waals surface area contributed by atoms with E-state index in [1.807, 2.05) is 6.07 Å². The smallest absolute Gasteiger partial charge is 0.326 e. The molecule has 1 fully saturated rings. The van der Waals surface area contributed by atoms with E-state index in [1.54, 1.807) is 31.9 Å². The molecule has 8 heteroatoms. The molecule has 0 bridgehead atoms. The lowest BCUT2D eigenvalue weighted by molar-refractivity contribution is -0.174. The summed E-state index contributed by atoms with van der Waals surface area (Å²) in [5.74, 6) is -0.735. The van der Waals surface area contributed by atoms with Crippen molar-refractivity contribution in [3.05, 3.63) is 23.3 Å². The molecule has 3 rings (SSSR count). The van der Waals surface area contributed by atoms with Gasteiger partial charge in [-0.15, -0.1) is 0 Å². The predicted molar refractivity (Wildman–Crippen MR) is 98.0 cm³/mol. The van der Waals surface area contributed by atoms with E-state index in [0.717, 1.165) is 5.56 Å². The maximum atomic E-state index is 13.0. The average Bonchev–Trinajstić information content (AvgIpc) is 3.01. The quantitative estimate of drug-likeness (QED) is 0.538. The number of benzene rings is 1. The van der Waals surface area contributed by atoms with Crippen molar-refractivity contribution >= 4 is 17.8 Å². The minimum atomic E-state index is -1.74. The van der Waals surface area contributed by atoms with Crippen LogP contribution in [0.15, 0.2) is 12.1 Å². The van der Waals surface area contributed by atoms with Gasteiger partial charge in [-0.3, -0.25) is 14.4 Å². The lowest BCUT2D eigenvalue weighted by Crippen LogP contribution is -2.48. The summed E-state index contributed by atoms with van der Waals surface area (Å²) in [5, 5.41) is 0. The first kappa shape index (κ1) is 20.0. The Bertz CT molecular complexity index is 786. The van der Waals surface area contributed by atoms with E-state index in [1.165, 1.54) is 7.11 Å². The first-order valence-corrected chi connectivity index (χ1v) is 9.33. The van der Waals surface area contributed by atoms with Crippen molar-refractivity contribution in [2.75, 3.05) is 34.0 Å². The molecule has 0 unspecified atom stereocenters. The van der Waals surface area contributed by atoms with Crippen LogP contribution >= 0.6 is 0 Å². The molecule has 28 heavy (non-hydrogen) atoms. The van der Waals surface area contributed by atoms with Gasteiger partial charge in [-0.1, -0.05) is 0 Å². The molecule has 1 amide bonds.